The molecule has 3 aromatic rings. The van der Waals surface area contributed by atoms with Gasteiger partial charge in [-0.15, -0.1) is 0 Å². The summed E-state index contributed by atoms with van der Waals surface area (Å²) in [5.74, 6) is 1.15. The lowest BCUT2D eigenvalue weighted by molar-refractivity contribution is -0.126. The van der Waals surface area contributed by atoms with Gasteiger partial charge in [-0.2, -0.15) is 0 Å². The number of likely N-dealkylation sites (tertiary alicyclic amines) is 1. The molecule has 0 aliphatic carbocycles. The maximum absolute atomic E-state index is 13.2. The zero-order valence-electron chi connectivity index (χ0n) is 19.5. The first-order valence-electron chi connectivity index (χ1n) is 11.9. The summed E-state index contributed by atoms with van der Waals surface area (Å²) >= 11 is 0. The Bertz CT molecular complexity index is 1170. The summed E-state index contributed by atoms with van der Waals surface area (Å²) in [5, 5.41) is 6.07. The van der Waals surface area contributed by atoms with Gasteiger partial charge in [0.15, 0.2) is 11.5 Å². The summed E-state index contributed by atoms with van der Waals surface area (Å²) in [4.78, 5) is 28.0. The Morgan fingerprint density at radius 3 is 2.31 bits per heavy atom. The number of benzene rings is 3. The van der Waals surface area contributed by atoms with Gasteiger partial charge in [-0.25, -0.2) is 4.79 Å². The Labute approximate surface area is 205 Å². The largest absolute Gasteiger partial charge is 0.454 e. The lowest BCUT2D eigenvalue weighted by atomic mass is 9.84. The van der Waals surface area contributed by atoms with Crippen LogP contribution in [0.5, 0.6) is 11.5 Å². The number of hydrogen-bond acceptors (Lipinski definition) is 4. The van der Waals surface area contributed by atoms with E-state index in [0.29, 0.717) is 38.3 Å². The summed E-state index contributed by atoms with van der Waals surface area (Å²) < 4.78 is 10.8. The molecule has 0 radical (unpaired) electrons. The van der Waals surface area contributed by atoms with Crippen LogP contribution < -0.4 is 20.1 Å². The molecule has 3 aromatic carbocycles. The van der Waals surface area contributed by atoms with Crippen LogP contribution in [0.25, 0.3) is 0 Å². The third-order valence-corrected chi connectivity index (χ3v) is 6.57. The molecule has 35 heavy (non-hydrogen) atoms. The minimum Gasteiger partial charge on any atom is -0.454 e. The molecule has 2 aliphatic rings. The van der Waals surface area contributed by atoms with Crippen molar-refractivity contribution < 1.29 is 19.1 Å². The summed E-state index contributed by atoms with van der Waals surface area (Å²) in [6, 6.07) is 25.4. The van der Waals surface area contributed by atoms with Crippen molar-refractivity contribution in [2.45, 2.75) is 25.4 Å². The number of piperidine rings is 1. The number of nitrogens with zero attached hydrogens (tertiary/aromatic N) is 1. The molecule has 0 aromatic heterocycles. The molecule has 1 fully saturated rings. The van der Waals surface area contributed by atoms with Gasteiger partial charge in [-0.3, -0.25) is 4.79 Å². The number of fused-ring (bicyclic) bond motifs is 1. The van der Waals surface area contributed by atoms with E-state index in [0.717, 1.165) is 22.4 Å². The standard InChI is InChI=1S/C28H29N3O4/c32-27(29-16-21-11-12-25-26(13-21)35-19-34-25)24-14-23(22-9-5-2-6-10-22)17-31(18-24)28(33)30-15-20-7-3-1-4-8-20/h1-13,23-24H,14-19H2,(H,29,32)(H,30,33)/t23-,24+/m1/s1. The van der Waals surface area contributed by atoms with Crippen molar-refractivity contribution in [1.82, 2.24) is 15.5 Å². The quantitative estimate of drug-likeness (QED) is 0.569. The normalized spacial score (nSPS) is 18.7. The molecule has 3 amide bonds. The molecule has 2 N–H and O–H groups in total. The molecule has 7 nitrogen and oxygen atoms in total. The molecule has 5 rings (SSSR count). The fraction of sp³-hybridized carbons (Fsp3) is 0.286. The molecular weight excluding hydrogens is 442 g/mol. The SMILES string of the molecule is O=C(NCc1ccc2c(c1)OCO2)[C@H]1C[C@@H](c2ccccc2)CN(C(=O)NCc2ccccc2)C1. The fourth-order valence-corrected chi connectivity index (χ4v) is 4.69. The summed E-state index contributed by atoms with van der Waals surface area (Å²) in [5.41, 5.74) is 3.12. The van der Waals surface area contributed by atoms with Crippen LogP contribution in [0, 0.1) is 5.92 Å². The van der Waals surface area contributed by atoms with E-state index in [1.54, 1.807) is 4.90 Å². The predicted molar refractivity (Wildman–Crippen MR) is 132 cm³/mol. The van der Waals surface area contributed by atoms with Gasteiger partial charge in [0.1, 0.15) is 0 Å². The Morgan fingerprint density at radius 2 is 1.51 bits per heavy atom. The Kier molecular flexibility index (Phi) is 6.84. The van der Waals surface area contributed by atoms with Gasteiger partial charge < -0.3 is 25.0 Å². The van der Waals surface area contributed by atoms with E-state index >= 15 is 0 Å². The summed E-state index contributed by atoms with van der Waals surface area (Å²) in [6.07, 6.45) is 0.694. The average molecular weight is 472 g/mol. The highest BCUT2D eigenvalue weighted by molar-refractivity contribution is 5.81. The first-order chi connectivity index (χ1) is 17.2. The Morgan fingerprint density at radius 1 is 0.800 bits per heavy atom. The minimum absolute atomic E-state index is 0.0517. The highest BCUT2D eigenvalue weighted by atomic mass is 16.7. The van der Waals surface area contributed by atoms with Crippen molar-refractivity contribution in [3.8, 4) is 11.5 Å². The van der Waals surface area contributed by atoms with Crippen LogP contribution in [0.4, 0.5) is 4.79 Å². The smallest absolute Gasteiger partial charge is 0.317 e. The molecule has 2 heterocycles. The van der Waals surface area contributed by atoms with Crippen molar-refractivity contribution in [3.05, 3.63) is 95.6 Å². The van der Waals surface area contributed by atoms with Crippen LogP contribution >= 0.6 is 0 Å². The number of carbonyl (C=O) groups excluding carboxylic acids is 2. The van der Waals surface area contributed by atoms with Crippen molar-refractivity contribution in [1.29, 1.82) is 0 Å². The number of rotatable bonds is 6. The van der Waals surface area contributed by atoms with Gasteiger partial charge >= 0.3 is 6.03 Å². The summed E-state index contributed by atoms with van der Waals surface area (Å²) in [7, 11) is 0. The van der Waals surface area contributed by atoms with Crippen molar-refractivity contribution in [2.24, 2.45) is 5.92 Å². The van der Waals surface area contributed by atoms with Gasteiger partial charge in [-0.1, -0.05) is 66.7 Å². The van der Waals surface area contributed by atoms with E-state index in [4.69, 9.17) is 9.47 Å². The number of amides is 3. The Balaban J connectivity index is 1.25. The van der Waals surface area contributed by atoms with E-state index in [2.05, 4.69) is 22.8 Å². The maximum Gasteiger partial charge on any atom is 0.317 e. The number of hydrogen-bond donors (Lipinski definition) is 2. The molecule has 0 spiro atoms. The van der Waals surface area contributed by atoms with Crippen LogP contribution in [-0.2, 0) is 17.9 Å². The van der Waals surface area contributed by atoms with Crippen LogP contribution in [-0.4, -0.2) is 36.7 Å². The molecule has 0 bridgehead atoms. The predicted octanol–water partition coefficient (Wildman–Crippen LogP) is 4.05. The summed E-state index contributed by atoms with van der Waals surface area (Å²) in [6.45, 7) is 2.03. The highest BCUT2D eigenvalue weighted by Crippen LogP contribution is 2.33. The second-order valence-corrected chi connectivity index (χ2v) is 8.99. The van der Waals surface area contributed by atoms with Crippen LogP contribution in [0.15, 0.2) is 78.9 Å². The molecule has 0 unspecified atom stereocenters. The molecule has 1 saturated heterocycles. The maximum atomic E-state index is 13.2. The first kappa shape index (κ1) is 22.8. The van der Waals surface area contributed by atoms with E-state index < -0.39 is 0 Å². The Hall–Kier alpha value is -4.00. The van der Waals surface area contributed by atoms with E-state index in [9.17, 15) is 9.59 Å². The van der Waals surface area contributed by atoms with Crippen LogP contribution in [0.1, 0.15) is 29.0 Å². The van der Waals surface area contributed by atoms with Gasteiger partial charge in [0.05, 0.1) is 5.92 Å². The van der Waals surface area contributed by atoms with Crippen molar-refractivity contribution in [3.63, 3.8) is 0 Å². The molecule has 7 heteroatoms. The number of nitrogens with one attached hydrogen (secondary N) is 2. The number of carbonyl (C=O) groups is 2. The lowest BCUT2D eigenvalue weighted by Gasteiger charge is -2.37. The van der Waals surface area contributed by atoms with E-state index in [-0.39, 0.29) is 30.6 Å². The van der Waals surface area contributed by atoms with Gasteiger partial charge in [0.2, 0.25) is 12.7 Å². The number of urea groups is 1. The van der Waals surface area contributed by atoms with Crippen molar-refractivity contribution >= 4 is 11.9 Å². The monoisotopic (exact) mass is 471 g/mol. The minimum atomic E-state index is -0.301. The van der Waals surface area contributed by atoms with E-state index in [1.165, 1.54) is 0 Å². The average Bonchev–Trinajstić information content (AvgIpc) is 3.39. The lowest BCUT2D eigenvalue weighted by Crippen LogP contribution is -2.50. The molecule has 2 aliphatic heterocycles. The number of ether oxygens (including phenoxy) is 2. The third-order valence-electron chi connectivity index (χ3n) is 6.57. The highest BCUT2D eigenvalue weighted by Gasteiger charge is 2.34. The zero-order valence-corrected chi connectivity index (χ0v) is 19.5. The second-order valence-electron chi connectivity index (χ2n) is 8.99. The van der Waals surface area contributed by atoms with Crippen LogP contribution in [0.2, 0.25) is 0 Å². The van der Waals surface area contributed by atoms with Gasteiger partial charge in [-0.05, 0) is 35.2 Å². The topological polar surface area (TPSA) is 79.9 Å². The van der Waals surface area contributed by atoms with E-state index in [1.807, 2.05) is 66.7 Å². The van der Waals surface area contributed by atoms with Gasteiger partial charge in [0, 0.05) is 32.1 Å². The van der Waals surface area contributed by atoms with Gasteiger partial charge in [0.25, 0.3) is 0 Å². The molecular formula is C28H29N3O4. The fourth-order valence-electron chi connectivity index (χ4n) is 4.69. The van der Waals surface area contributed by atoms with Crippen LogP contribution in [0.3, 0.4) is 0 Å². The second kappa shape index (κ2) is 10.5. The third kappa shape index (κ3) is 5.57. The molecule has 2 atom stereocenters. The van der Waals surface area contributed by atoms with Crippen molar-refractivity contribution in [2.75, 3.05) is 19.9 Å². The molecule has 180 valence electrons. The first-order valence-corrected chi connectivity index (χ1v) is 11.9. The zero-order chi connectivity index (χ0) is 24.0. The molecule has 0 saturated carbocycles.